The molecule has 2 aromatic rings. The van der Waals surface area contributed by atoms with Gasteiger partial charge in [0.15, 0.2) is 5.78 Å². The van der Waals surface area contributed by atoms with Gasteiger partial charge in [-0.05, 0) is 31.0 Å². The van der Waals surface area contributed by atoms with E-state index >= 15 is 0 Å². The Kier molecular flexibility index (Phi) is 7.97. The number of alkyl halides is 1. The number of H-pyrrole nitrogens is 2. The van der Waals surface area contributed by atoms with Crippen LogP contribution in [-0.4, -0.2) is 44.7 Å². The highest BCUT2D eigenvalue weighted by molar-refractivity contribution is 9.09. The van der Waals surface area contributed by atoms with Crippen molar-refractivity contribution in [3.8, 4) is 0 Å². The molecule has 0 spiro atoms. The molecule has 3 N–H and O–H groups in total. The van der Waals surface area contributed by atoms with Gasteiger partial charge in [0.05, 0.1) is 11.9 Å². The van der Waals surface area contributed by atoms with Gasteiger partial charge in [-0.3, -0.25) is 4.79 Å². The van der Waals surface area contributed by atoms with Crippen molar-refractivity contribution >= 4 is 33.7 Å². The van der Waals surface area contributed by atoms with E-state index in [2.05, 4.69) is 25.9 Å². The second-order valence-electron chi connectivity index (χ2n) is 4.58. The molecule has 8 heteroatoms. The number of halogens is 1. The van der Waals surface area contributed by atoms with Crippen molar-refractivity contribution in [3.63, 3.8) is 0 Å². The molecule has 0 aromatic carbocycles. The van der Waals surface area contributed by atoms with Crippen LogP contribution in [0.25, 0.3) is 0 Å². The molecule has 0 aliphatic carbocycles. The Hall–Kier alpha value is -2.35. The van der Waals surface area contributed by atoms with Gasteiger partial charge in [0, 0.05) is 18.0 Å². The number of aromatic amines is 2. The fourth-order valence-electron chi connectivity index (χ4n) is 2.00. The molecule has 0 saturated heterocycles. The first-order valence-electron chi connectivity index (χ1n) is 7.29. The van der Waals surface area contributed by atoms with E-state index in [9.17, 15) is 14.4 Å². The van der Waals surface area contributed by atoms with Gasteiger partial charge in [0.25, 0.3) is 0 Å². The normalized spacial score (nSPS) is 9.79. The van der Waals surface area contributed by atoms with Crippen LogP contribution in [-0.2, 0) is 11.2 Å². The van der Waals surface area contributed by atoms with Gasteiger partial charge in [0.2, 0.25) is 0 Å². The standard InChI is InChI=1S/C9H10BrNO3.C7H9NO2/c1-2-5-6(7(12)3-10)4-11-8(5)9(13)14;1-2-10-7(9)6-4-3-5-8-6/h4,11H,2-3H2,1H3,(H,13,14);3-5,8H,2H2,1H3. The molecule has 7 nitrogen and oxygen atoms in total. The molecular weight excluding hydrogens is 380 g/mol. The number of hydrogen-bond donors (Lipinski definition) is 3. The highest BCUT2D eigenvalue weighted by Gasteiger charge is 2.18. The summed E-state index contributed by atoms with van der Waals surface area (Å²) in [7, 11) is 0. The summed E-state index contributed by atoms with van der Waals surface area (Å²) in [6, 6.07) is 3.43. The molecule has 0 aliphatic rings. The molecule has 2 aromatic heterocycles. The predicted molar refractivity (Wildman–Crippen MR) is 92.0 cm³/mol. The Balaban J connectivity index is 0.000000254. The van der Waals surface area contributed by atoms with E-state index in [1.165, 1.54) is 6.20 Å². The third-order valence-electron chi connectivity index (χ3n) is 3.07. The average molecular weight is 399 g/mol. The Morgan fingerprint density at radius 2 is 1.96 bits per heavy atom. The van der Waals surface area contributed by atoms with Crippen molar-refractivity contribution in [2.24, 2.45) is 0 Å². The number of nitrogens with one attached hydrogen (secondary N) is 2. The first-order valence-corrected chi connectivity index (χ1v) is 8.41. The fraction of sp³-hybridized carbons (Fsp3) is 0.312. The van der Waals surface area contributed by atoms with Crippen LogP contribution in [0, 0.1) is 0 Å². The minimum atomic E-state index is -1.03. The lowest BCUT2D eigenvalue weighted by atomic mass is 10.1. The second-order valence-corrected chi connectivity index (χ2v) is 5.14. The SMILES string of the molecule is CCOC(=O)c1ccc[nH]1.CCc1c(C(=O)CBr)c[nH]c1C(=O)O. The van der Waals surface area contributed by atoms with Crippen LogP contribution in [0.4, 0.5) is 0 Å². The number of esters is 1. The van der Waals surface area contributed by atoms with Crippen molar-refractivity contribution in [1.82, 2.24) is 9.97 Å². The fourth-order valence-corrected chi connectivity index (χ4v) is 2.30. The number of hydrogen-bond acceptors (Lipinski definition) is 4. The number of ketones is 1. The monoisotopic (exact) mass is 398 g/mol. The Morgan fingerprint density at radius 3 is 2.42 bits per heavy atom. The number of carboxylic acid groups (broad SMARTS) is 1. The number of carboxylic acids is 1. The van der Waals surface area contributed by atoms with E-state index in [1.807, 2.05) is 6.92 Å². The molecule has 0 amide bonds. The number of aromatic carboxylic acids is 1. The molecule has 0 atom stereocenters. The molecule has 0 unspecified atom stereocenters. The van der Waals surface area contributed by atoms with Gasteiger partial charge in [-0.25, -0.2) is 9.59 Å². The van der Waals surface area contributed by atoms with E-state index < -0.39 is 5.97 Å². The zero-order chi connectivity index (χ0) is 18.1. The summed E-state index contributed by atoms with van der Waals surface area (Å²) in [4.78, 5) is 38.3. The first kappa shape index (κ1) is 19.7. The van der Waals surface area contributed by atoms with Crippen LogP contribution in [0.5, 0.6) is 0 Å². The maximum absolute atomic E-state index is 11.4. The maximum atomic E-state index is 11.4. The number of carbonyl (C=O) groups excluding carboxylic acids is 2. The van der Waals surface area contributed by atoms with Gasteiger partial charge in [-0.1, -0.05) is 22.9 Å². The average Bonchev–Trinajstić information content (AvgIpc) is 3.23. The summed E-state index contributed by atoms with van der Waals surface area (Å²) in [6.07, 6.45) is 3.66. The molecule has 0 aliphatic heterocycles. The molecule has 2 rings (SSSR count). The minimum Gasteiger partial charge on any atom is -0.477 e. The number of ether oxygens (including phenoxy) is 1. The van der Waals surface area contributed by atoms with Crippen LogP contribution < -0.4 is 0 Å². The highest BCUT2D eigenvalue weighted by atomic mass is 79.9. The summed E-state index contributed by atoms with van der Waals surface area (Å²) in [5, 5.41) is 9.02. The Bertz CT molecular complexity index is 691. The van der Waals surface area contributed by atoms with Gasteiger partial charge < -0.3 is 19.8 Å². The van der Waals surface area contributed by atoms with Crippen LogP contribution in [0.3, 0.4) is 0 Å². The van der Waals surface area contributed by atoms with Gasteiger partial charge >= 0.3 is 11.9 Å². The molecule has 24 heavy (non-hydrogen) atoms. The molecule has 0 saturated carbocycles. The summed E-state index contributed by atoms with van der Waals surface area (Å²) in [6.45, 7) is 4.01. The van der Waals surface area contributed by atoms with Crippen molar-refractivity contribution in [2.45, 2.75) is 20.3 Å². The van der Waals surface area contributed by atoms with Crippen LogP contribution in [0.2, 0.25) is 0 Å². The van der Waals surface area contributed by atoms with Crippen LogP contribution in [0.15, 0.2) is 24.5 Å². The topological polar surface area (TPSA) is 112 Å². The molecular formula is C16H19BrN2O5. The zero-order valence-electron chi connectivity index (χ0n) is 13.4. The first-order chi connectivity index (χ1) is 11.5. The summed E-state index contributed by atoms with van der Waals surface area (Å²) < 4.78 is 4.72. The van der Waals surface area contributed by atoms with E-state index in [0.717, 1.165) is 0 Å². The quantitative estimate of drug-likeness (QED) is 0.393. The van der Waals surface area contributed by atoms with Gasteiger partial charge in [0.1, 0.15) is 11.4 Å². The van der Waals surface area contributed by atoms with E-state index in [-0.39, 0.29) is 22.8 Å². The smallest absolute Gasteiger partial charge is 0.354 e. The maximum Gasteiger partial charge on any atom is 0.354 e. The Morgan fingerprint density at radius 1 is 1.25 bits per heavy atom. The number of Topliss-reactive ketones (excluding diaryl/α,β-unsaturated/α-hetero) is 1. The highest BCUT2D eigenvalue weighted by Crippen LogP contribution is 2.16. The number of carbonyl (C=O) groups is 3. The number of aromatic nitrogens is 2. The van der Waals surface area contributed by atoms with E-state index in [1.54, 1.807) is 25.3 Å². The lowest BCUT2D eigenvalue weighted by Gasteiger charge is -1.98. The zero-order valence-corrected chi connectivity index (χ0v) is 15.0. The van der Waals surface area contributed by atoms with E-state index in [4.69, 9.17) is 9.84 Å². The lowest BCUT2D eigenvalue weighted by molar-refractivity contribution is 0.0519. The van der Waals surface area contributed by atoms with Crippen LogP contribution in [0.1, 0.15) is 50.7 Å². The molecule has 130 valence electrons. The van der Waals surface area contributed by atoms with Crippen molar-refractivity contribution in [2.75, 3.05) is 11.9 Å². The third-order valence-corrected chi connectivity index (χ3v) is 3.58. The van der Waals surface area contributed by atoms with Gasteiger partial charge in [-0.2, -0.15) is 0 Å². The predicted octanol–water partition coefficient (Wildman–Crippen LogP) is 3.04. The summed E-state index contributed by atoms with van der Waals surface area (Å²) in [5.41, 5.74) is 1.64. The lowest BCUT2D eigenvalue weighted by Crippen LogP contribution is -2.05. The molecule has 0 radical (unpaired) electrons. The summed E-state index contributed by atoms with van der Waals surface area (Å²) in [5.74, 6) is -1.44. The minimum absolute atomic E-state index is 0.106. The van der Waals surface area contributed by atoms with Crippen molar-refractivity contribution < 1.29 is 24.2 Å². The molecule has 0 fully saturated rings. The third kappa shape index (κ3) is 5.09. The molecule has 0 bridgehead atoms. The van der Waals surface area contributed by atoms with Crippen molar-refractivity contribution in [3.05, 3.63) is 47.0 Å². The molecule has 2 heterocycles. The van der Waals surface area contributed by atoms with Crippen molar-refractivity contribution in [1.29, 1.82) is 0 Å². The largest absolute Gasteiger partial charge is 0.477 e. The second kappa shape index (κ2) is 9.71. The Labute approximate surface area is 147 Å². The van der Waals surface area contributed by atoms with E-state index in [0.29, 0.717) is 29.8 Å². The summed E-state index contributed by atoms with van der Waals surface area (Å²) >= 11 is 3.05. The van der Waals surface area contributed by atoms with Crippen LogP contribution >= 0.6 is 15.9 Å². The number of rotatable bonds is 6. The van der Waals surface area contributed by atoms with Gasteiger partial charge in [-0.15, -0.1) is 0 Å².